The zero-order chi connectivity index (χ0) is 16.7. The molecule has 0 spiro atoms. The number of aliphatic carboxylic acids is 1. The molecule has 0 aliphatic carbocycles. The average molecular weight is 308 g/mol. The average Bonchev–Trinajstić information content (AvgIpc) is 2.47. The second-order valence-corrected chi connectivity index (χ2v) is 4.13. The van der Waals surface area contributed by atoms with Gasteiger partial charge in [-0.3, -0.25) is 14.9 Å². The minimum absolute atomic E-state index is 0.0239. The van der Waals surface area contributed by atoms with Crippen molar-refractivity contribution in [3.63, 3.8) is 0 Å². The van der Waals surface area contributed by atoms with Crippen molar-refractivity contribution >= 4 is 23.3 Å². The van der Waals surface area contributed by atoms with Gasteiger partial charge >= 0.3 is 5.97 Å². The molecule has 22 heavy (non-hydrogen) atoms. The van der Waals surface area contributed by atoms with Crippen LogP contribution in [-0.2, 0) is 16.0 Å². The van der Waals surface area contributed by atoms with E-state index in [9.17, 15) is 19.7 Å². The summed E-state index contributed by atoms with van der Waals surface area (Å²) in [7, 11) is 0. The summed E-state index contributed by atoms with van der Waals surface area (Å²) in [6, 6.07) is 2.25. The Hall–Kier alpha value is -3.17. The number of nitrogens with zero attached hydrogens (tertiary/aromatic N) is 4. The van der Waals surface area contributed by atoms with Crippen LogP contribution < -0.4 is 11.1 Å². The topological polar surface area (TPSA) is 184 Å². The monoisotopic (exact) mass is 308 g/mol. The van der Waals surface area contributed by atoms with E-state index in [1.807, 2.05) is 0 Å². The molecule has 0 saturated heterocycles. The minimum atomic E-state index is -1.36. The summed E-state index contributed by atoms with van der Waals surface area (Å²) >= 11 is 0. The van der Waals surface area contributed by atoms with Gasteiger partial charge in [0.15, 0.2) is 0 Å². The number of nitro groups is 1. The van der Waals surface area contributed by atoms with E-state index in [1.165, 1.54) is 12.1 Å². The highest BCUT2D eigenvalue weighted by Gasteiger charge is 2.24. The number of hydrogen-bond donors (Lipinski definition) is 3. The molecular formula is C11H12N6O5. The van der Waals surface area contributed by atoms with Gasteiger partial charge in [-0.15, -0.1) is 0 Å². The van der Waals surface area contributed by atoms with E-state index in [0.29, 0.717) is 0 Å². The number of nitro benzene ring substituents is 1. The first-order valence-corrected chi connectivity index (χ1v) is 5.93. The first-order chi connectivity index (χ1) is 10.4. The van der Waals surface area contributed by atoms with E-state index < -0.39 is 35.1 Å². The fraction of sp³-hybridized carbons (Fsp3) is 0.273. The highest BCUT2D eigenvalue weighted by atomic mass is 16.6. The lowest BCUT2D eigenvalue weighted by molar-refractivity contribution is -0.385. The van der Waals surface area contributed by atoms with Gasteiger partial charge in [-0.25, -0.2) is 4.79 Å². The van der Waals surface area contributed by atoms with Crippen LogP contribution >= 0.6 is 0 Å². The molecule has 1 rings (SSSR count). The quantitative estimate of drug-likeness (QED) is 0.217. The summed E-state index contributed by atoms with van der Waals surface area (Å²) in [6.45, 7) is -0.401. The van der Waals surface area contributed by atoms with Crippen molar-refractivity contribution in [3.05, 3.63) is 44.3 Å². The van der Waals surface area contributed by atoms with Crippen molar-refractivity contribution in [2.24, 2.45) is 10.8 Å². The van der Waals surface area contributed by atoms with Crippen LogP contribution in [0.1, 0.15) is 5.56 Å². The molecule has 116 valence electrons. The van der Waals surface area contributed by atoms with Crippen LogP contribution in [0.15, 0.2) is 23.3 Å². The Kier molecular flexibility index (Phi) is 5.81. The molecule has 4 N–H and O–H groups in total. The van der Waals surface area contributed by atoms with E-state index >= 15 is 0 Å². The zero-order valence-corrected chi connectivity index (χ0v) is 11.2. The molecule has 0 saturated carbocycles. The number of azide groups is 1. The lowest BCUT2D eigenvalue weighted by Crippen LogP contribution is -2.44. The zero-order valence-electron chi connectivity index (χ0n) is 11.2. The number of carbonyl (C=O) groups excluding carboxylic acids is 1. The van der Waals surface area contributed by atoms with Crippen molar-refractivity contribution in [1.29, 1.82) is 0 Å². The van der Waals surface area contributed by atoms with Gasteiger partial charge in [-0.05, 0) is 5.53 Å². The molecule has 0 aromatic heterocycles. The number of carboxylic acids is 1. The standard InChI is InChI=1S/C11H12N6O5/c12-5-10(18)14-8(11(19)20)3-6-1-2-7(15-16-13)4-9(6)17(21)22/h1-2,4,8H,3,5,12H2,(H,14,18)(H,19,20)/t8-/m0/s1. The largest absolute Gasteiger partial charge is 0.480 e. The Morgan fingerprint density at radius 1 is 1.55 bits per heavy atom. The molecular weight excluding hydrogens is 296 g/mol. The smallest absolute Gasteiger partial charge is 0.326 e. The van der Waals surface area contributed by atoms with Gasteiger partial charge in [0.05, 0.1) is 11.5 Å². The van der Waals surface area contributed by atoms with Crippen molar-refractivity contribution in [1.82, 2.24) is 5.32 Å². The van der Waals surface area contributed by atoms with E-state index in [4.69, 9.17) is 16.4 Å². The third-order valence-electron chi connectivity index (χ3n) is 2.67. The fourth-order valence-electron chi connectivity index (χ4n) is 1.68. The van der Waals surface area contributed by atoms with Gasteiger partial charge in [0.25, 0.3) is 5.69 Å². The van der Waals surface area contributed by atoms with Gasteiger partial charge < -0.3 is 16.2 Å². The van der Waals surface area contributed by atoms with Gasteiger partial charge in [0.1, 0.15) is 6.04 Å². The molecule has 0 bridgehead atoms. The predicted octanol–water partition coefficient (Wildman–Crippen LogP) is 0.607. The molecule has 1 aromatic rings. The Morgan fingerprint density at radius 3 is 2.73 bits per heavy atom. The third kappa shape index (κ3) is 4.44. The number of benzene rings is 1. The minimum Gasteiger partial charge on any atom is -0.480 e. The number of carbonyl (C=O) groups is 2. The number of nitrogens with one attached hydrogen (secondary N) is 1. The Balaban J connectivity index is 3.13. The lowest BCUT2D eigenvalue weighted by Gasteiger charge is -2.14. The van der Waals surface area contributed by atoms with Crippen LogP contribution in [0.2, 0.25) is 0 Å². The molecule has 0 fully saturated rings. The Labute approximate surface area is 123 Å². The Bertz CT molecular complexity index is 654. The number of carboxylic acid groups (broad SMARTS) is 1. The highest BCUT2D eigenvalue weighted by Crippen LogP contribution is 2.26. The fourth-order valence-corrected chi connectivity index (χ4v) is 1.68. The summed E-state index contributed by atoms with van der Waals surface area (Å²) in [4.78, 5) is 35.1. The molecule has 11 nitrogen and oxygen atoms in total. The summed E-state index contributed by atoms with van der Waals surface area (Å²) in [5, 5.41) is 25.5. The number of amides is 1. The molecule has 0 heterocycles. The first-order valence-electron chi connectivity index (χ1n) is 5.93. The second kappa shape index (κ2) is 7.57. The summed E-state index contributed by atoms with van der Waals surface area (Å²) in [6.07, 6.45) is -0.312. The maximum atomic E-state index is 11.2. The van der Waals surface area contributed by atoms with Crippen molar-refractivity contribution in [3.8, 4) is 0 Å². The molecule has 1 atom stereocenters. The first kappa shape index (κ1) is 16.9. The van der Waals surface area contributed by atoms with Gasteiger partial charge in [-0.1, -0.05) is 17.2 Å². The van der Waals surface area contributed by atoms with Gasteiger partial charge in [0, 0.05) is 28.6 Å². The summed E-state index contributed by atoms with van der Waals surface area (Å²) in [5.41, 5.74) is 13.1. The lowest BCUT2D eigenvalue weighted by atomic mass is 10.0. The van der Waals surface area contributed by atoms with Gasteiger partial charge in [0.2, 0.25) is 5.91 Å². The maximum absolute atomic E-state index is 11.2. The number of hydrogen-bond acceptors (Lipinski definition) is 6. The SMILES string of the molecule is [N-]=[N+]=Nc1ccc(C[C@H](NC(=O)CN)C(=O)O)c([N+](=O)[O-])c1. The van der Waals surface area contributed by atoms with Gasteiger partial charge in [-0.2, -0.15) is 0 Å². The molecule has 0 aliphatic rings. The third-order valence-corrected chi connectivity index (χ3v) is 2.67. The van der Waals surface area contributed by atoms with Crippen molar-refractivity contribution in [2.45, 2.75) is 12.5 Å². The molecule has 0 radical (unpaired) electrons. The molecule has 1 aromatic carbocycles. The molecule has 0 aliphatic heterocycles. The molecule has 1 amide bonds. The van der Waals surface area contributed by atoms with Crippen LogP contribution in [0.5, 0.6) is 0 Å². The normalized spacial score (nSPS) is 11.1. The molecule has 11 heteroatoms. The predicted molar refractivity (Wildman–Crippen MR) is 74.2 cm³/mol. The van der Waals surface area contributed by atoms with Crippen molar-refractivity contribution < 1.29 is 19.6 Å². The van der Waals surface area contributed by atoms with Crippen LogP contribution in [0, 0.1) is 10.1 Å². The van der Waals surface area contributed by atoms with Crippen LogP contribution in [0.3, 0.4) is 0 Å². The van der Waals surface area contributed by atoms with Crippen LogP contribution in [-0.4, -0.2) is 34.5 Å². The van der Waals surface area contributed by atoms with E-state index in [2.05, 4.69) is 15.3 Å². The van der Waals surface area contributed by atoms with E-state index in [-0.39, 0.29) is 17.7 Å². The van der Waals surface area contributed by atoms with E-state index in [1.54, 1.807) is 0 Å². The number of rotatable bonds is 7. The molecule has 0 unspecified atom stereocenters. The van der Waals surface area contributed by atoms with Crippen LogP contribution in [0.25, 0.3) is 10.4 Å². The Morgan fingerprint density at radius 2 is 2.23 bits per heavy atom. The summed E-state index contributed by atoms with van der Waals surface area (Å²) < 4.78 is 0. The maximum Gasteiger partial charge on any atom is 0.326 e. The second-order valence-electron chi connectivity index (χ2n) is 4.13. The van der Waals surface area contributed by atoms with E-state index in [0.717, 1.165) is 6.07 Å². The van der Waals surface area contributed by atoms with Crippen molar-refractivity contribution in [2.75, 3.05) is 6.54 Å². The van der Waals surface area contributed by atoms with Crippen LogP contribution in [0.4, 0.5) is 11.4 Å². The highest BCUT2D eigenvalue weighted by molar-refractivity contribution is 5.84. The number of nitrogens with two attached hydrogens (primary N) is 1. The summed E-state index contributed by atoms with van der Waals surface area (Å²) in [5.74, 6) is -2.05.